The molecule has 8 nitrogen and oxygen atoms in total. The molecule has 132 valence electrons. The van der Waals surface area contributed by atoms with Crippen LogP contribution in [-0.4, -0.2) is 27.4 Å². The molecule has 0 saturated carbocycles. The molecule has 0 atom stereocenters. The van der Waals surface area contributed by atoms with Crippen LogP contribution in [0.5, 0.6) is 0 Å². The molecule has 0 saturated heterocycles. The second kappa shape index (κ2) is 9.44. The third-order valence-electron chi connectivity index (χ3n) is 3.74. The molecule has 2 rings (SSSR count). The first-order valence-corrected chi connectivity index (χ1v) is 8.43. The molecule has 0 aliphatic heterocycles. The molecule has 2 aromatic rings. The zero-order valence-corrected chi connectivity index (χ0v) is 14.6. The maximum Gasteiger partial charge on any atom is 0.224 e. The number of nitrogens with one attached hydrogen (secondary N) is 1. The van der Waals surface area contributed by atoms with Crippen LogP contribution < -0.4 is 5.32 Å². The number of aromatic nitrogens is 3. The van der Waals surface area contributed by atoms with Gasteiger partial charge in [-0.05, 0) is 38.3 Å². The molecule has 1 heterocycles. The number of hydrogen-bond donors (Lipinski definition) is 1. The minimum atomic E-state index is -0.0347. The Balaban J connectivity index is 1.95. The van der Waals surface area contributed by atoms with Gasteiger partial charge in [0, 0.05) is 29.5 Å². The molecular formula is C17H23N7O. The van der Waals surface area contributed by atoms with Crippen molar-refractivity contribution in [1.82, 2.24) is 15.0 Å². The van der Waals surface area contributed by atoms with Crippen LogP contribution in [0.25, 0.3) is 21.7 Å². The first-order valence-electron chi connectivity index (χ1n) is 8.43. The summed E-state index contributed by atoms with van der Waals surface area (Å²) in [5, 5.41) is 14.8. The number of rotatable bonds is 9. The first-order chi connectivity index (χ1) is 12.1. The standard InChI is InChI=1S/C17H23N7O/c1-13(2)24-12-16(21-23-24)14-8-5-6-9-15(14)20-17(25)10-4-3-7-11-19-22-18/h5-6,8-9,12-13H,3-4,7,10-11H2,1-2H3,(H,20,25). The van der Waals surface area contributed by atoms with Crippen LogP contribution in [0.15, 0.2) is 35.6 Å². The Morgan fingerprint density at radius 2 is 2.12 bits per heavy atom. The quantitative estimate of drug-likeness (QED) is 0.317. The normalized spacial score (nSPS) is 10.5. The van der Waals surface area contributed by atoms with E-state index in [0.717, 1.165) is 36.2 Å². The number of anilines is 1. The number of amides is 1. The molecule has 0 radical (unpaired) electrons. The van der Waals surface area contributed by atoms with Crippen molar-refractivity contribution in [2.24, 2.45) is 5.11 Å². The number of azide groups is 1. The van der Waals surface area contributed by atoms with Crippen LogP contribution in [0.2, 0.25) is 0 Å². The third kappa shape index (κ3) is 5.61. The van der Waals surface area contributed by atoms with Crippen LogP contribution in [0, 0.1) is 0 Å². The molecule has 8 heteroatoms. The SMILES string of the molecule is CC(C)n1cc(-c2ccccc2NC(=O)CCCCCN=[N+]=[N-])nn1. The average Bonchev–Trinajstić information content (AvgIpc) is 3.09. The van der Waals surface area contributed by atoms with Gasteiger partial charge in [-0.15, -0.1) is 5.10 Å². The summed E-state index contributed by atoms with van der Waals surface area (Å²) in [6.45, 7) is 4.55. The smallest absolute Gasteiger partial charge is 0.224 e. The highest BCUT2D eigenvalue weighted by molar-refractivity contribution is 5.94. The van der Waals surface area contributed by atoms with Crippen LogP contribution >= 0.6 is 0 Å². The monoisotopic (exact) mass is 341 g/mol. The fraction of sp³-hybridized carbons (Fsp3) is 0.471. The lowest BCUT2D eigenvalue weighted by molar-refractivity contribution is -0.116. The largest absolute Gasteiger partial charge is 0.325 e. The number of unbranched alkanes of at least 4 members (excludes halogenated alkanes) is 2. The highest BCUT2D eigenvalue weighted by Gasteiger charge is 2.12. The van der Waals surface area contributed by atoms with Gasteiger partial charge >= 0.3 is 0 Å². The zero-order valence-electron chi connectivity index (χ0n) is 14.6. The summed E-state index contributed by atoms with van der Waals surface area (Å²) < 4.78 is 1.79. The number of hydrogen-bond acceptors (Lipinski definition) is 4. The molecule has 1 aromatic carbocycles. The lowest BCUT2D eigenvalue weighted by Crippen LogP contribution is -2.12. The summed E-state index contributed by atoms with van der Waals surface area (Å²) in [5.41, 5.74) is 10.5. The van der Waals surface area contributed by atoms with Crippen LogP contribution in [0.3, 0.4) is 0 Å². The molecule has 0 bridgehead atoms. The van der Waals surface area contributed by atoms with Crippen LogP contribution in [0.1, 0.15) is 45.6 Å². The van der Waals surface area contributed by atoms with Crippen molar-refractivity contribution >= 4 is 11.6 Å². The third-order valence-corrected chi connectivity index (χ3v) is 3.74. The van der Waals surface area contributed by atoms with E-state index in [1.165, 1.54) is 0 Å². The van der Waals surface area contributed by atoms with E-state index in [-0.39, 0.29) is 11.9 Å². The lowest BCUT2D eigenvalue weighted by Gasteiger charge is -2.09. The summed E-state index contributed by atoms with van der Waals surface area (Å²) in [5.74, 6) is -0.0347. The van der Waals surface area contributed by atoms with Gasteiger partial charge in [0.15, 0.2) is 0 Å². The van der Waals surface area contributed by atoms with E-state index in [0.29, 0.717) is 13.0 Å². The van der Waals surface area contributed by atoms with Crippen molar-refractivity contribution in [3.05, 3.63) is 40.9 Å². The van der Waals surface area contributed by atoms with Gasteiger partial charge in [0.25, 0.3) is 0 Å². The van der Waals surface area contributed by atoms with Crippen molar-refractivity contribution in [3.63, 3.8) is 0 Å². The highest BCUT2D eigenvalue weighted by atomic mass is 16.1. The molecule has 1 aromatic heterocycles. The van der Waals surface area contributed by atoms with Crippen molar-refractivity contribution in [2.75, 3.05) is 11.9 Å². The van der Waals surface area contributed by atoms with Gasteiger partial charge < -0.3 is 5.32 Å². The molecule has 0 aliphatic rings. The van der Waals surface area contributed by atoms with Crippen molar-refractivity contribution in [3.8, 4) is 11.3 Å². The fourth-order valence-electron chi connectivity index (χ4n) is 2.37. The number of carbonyl (C=O) groups is 1. The van der Waals surface area contributed by atoms with Crippen molar-refractivity contribution < 1.29 is 4.79 Å². The van der Waals surface area contributed by atoms with Gasteiger partial charge in [0.05, 0.1) is 11.9 Å². The molecule has 0 fully saturated rings. The number of para-hydroxylation sites is 1. The van der Waals surface area contributed by atoms with E-state index in [1.807, 2.05) is 44.3 Å². The molecule has 25 heavy (non-hydrogen) atoms. The summed E-state index contributed by atoms with van der Waals surface area (Å²) in [6.07, 6.45) is 4.73. The fourth-order valence-corrected chi connectivity index (χ4v) is 2.37. The molecular weight excluding hydrogens is 318 g/mol. The maximum absolute atomic E-state index is 12.2. The average molecular weight is 341 g/mol. The molecule has 0 spiro atoms. The van der Waals surface area contributed by atoms with E-state index in [4.69, 9.17) is 5.53 Å². The Bertz CT molecular complexity index is 747. The molecule has 0 unspecified atom stereocenters. The van der Waals surface area contributed by atoms with Crippen LogP contribution in [0.4, 0.5) is 5.69 Å². The van der Waals surface area contributed by atoms with E-state index in [9.17, 15) is 4.79 Å². The van der Waals surface area contributed by atoms with Gasteiger partial charge in [-0.1, -0.05) is 34.9 Å². The Labute approximate surface area is 146 Å². The summed E-state index contributed by atoms with van der Waals surface area (Å²) in [6, 6.07) is 7.81. The van der Waals surface area contributed by atoms with E-state index in [1.54, 1.807) is 4.68 Å². The summed E-state index contributed by atoms with van der Waals surface area (Å²) in [7, 11) is 0. The number of nitrogens with zero attached hydrogens (tertiary/aromatic N) is 6. The molecule has 0 aliphatic carbocycles. The minimum absolute atomic E-state index is 0.0347. The number of benzene rings is 1. The van der Waals surface area contributed by atoms with Crippen LogP contribution in [-0.2, 0) is 4.79 Å². The van der Waals surface area contributed by atoms with Crippen molar-refractivity contribution in [2.45, 2.75) is 45.6 Å². The van der Waals surface area contributed by atoms with E-state index >= 15 is 0 Å². The summed E-state index contributed by atoms with van der Waals surface area (Å²) in [4.78, 5) is 14.9. The van der Waals surface area contributed by atoms with Gasteiger partial charge in [0.1, 0.15) is 5.69 Å². The predicted molar refractivity (Wildman–Crippen MR) is 97.0 cm³/mol. The Kier molecular flexibility index (Phi) is 6.98. The molecule has 1 N–H and O–H groups in total. The first kappa shape index (κ1) is 18.5. The van der Waals surface area contributed by atoms with Gasteiger partial charge in [-0.25, -0.2) is 4.68 Å². The van der Waals surface area contributed by atoms with E-state index < -0.39 is 0 Å². The Hall–Kier alpha value is -2.86. The topological polar surface area (TPSA) is 109 Å². The maximum atomic E-state index is 12.2. The van der Waals surface area contributed by atoms with Gasteiger partial charge in [-0.2, -0.15) is 0 Å². The van der Waals surface area contributed by atoms with Gasteiger partial charge in [-0.3, -0.25) is 4.79 Å². The van der Waals surface area contributed by atoms with E-state index in [2.05, 4.69) is 25.7 Å². The second-order valence-corrected chi connectivity index (χ2v) is 6.04. The zero-order chi connectivity index (χ0) is 18.1. The number of carbonyl (C=O) groups excluding carboxylic acids is 1. The Morgan fingerprint density at radius 3 is 2.84 bits per heavy atom. The second-order valence-electron chi connectivity index (χ2n) is 6.04. The van der Waals surface area contributed by atoms with Gasteiger partial charge in [0.2, 0.25) is 5.91 Å². The lowest BCUT2D eigenvalue weighted by atomic mass is 10.1. The summed E-state index contributed by atoms with van der Waals surface area (Å²) >= 11 is 0. The predicted octanol–water partition coefficient (Wildman–Crippen LogP) is 4.34. The highest BCUT2D eigenvalue weighted by Crippen LogP contribution is 2.26. The molecule has 1 amide bonds. The Morgan fingerprint density at radius 1 is 1.32 bits per heavy atom. The van der Waals surface area contributed by atoms with Crippen molar-refractivity contribution in [1.29, 1.82) is 0 Å². The minimum Gasteiger partial charge on any atom is -0.325 e.